The van der Waals surface area contributed by atoms with Crippen LogP contribution in [0, 0.1) is 13.8 Å². The van der Waals surface area contributed by atoms with Crippen molar-refractivity contribution in [2.24, 2.45) is 7.05 Å². The maximum atomic E-state index is 13.6. The van der Waals surface area contributed by atoms with Crippen LogP contribution in [0.25, 0.3) is 22.6 Å². The fraction of sp³-hybridized carbons (Fsp3) is 0.240. The Balaban J connectivity index is 1.73. The summed E-state index contributed by atoms with van der Waals surface area (Å²) in [5.74, 6) is 1.35. The summed E-state index contributed by atoms with van der Waals surface area (Å²) in [6, 6.07) is 17.5. The molecular weight excluding hydrogens is 418 g/mol. The van der Waals surface area contributed by atoms with Crippen molar-refractivity contribution in [3.63, 3.8) is 0 Å². The molecule has 0 aliphatic rings. The lowest BCUT2D eigenvalue weighted by Gasteiger charge is -2.09. The van der Waals surface area contributed by atoms with Gasteiger partial charge < -0.3 is 4.74 Å². The van der Waals surface area contributed by atoms with E-state index < -0.39 is 0 Å². The van der Waals surface area contributed by atoms with E-state index >= 15 is 0 Å². The first-order chi connectivity index (χ1) is 15.9. The number of benzene rings is 2. The fourth-order valence-corrected chi connectivity index (χ4v) is 4.37. The molecule has 0 aliphatic carbocycles. The Bertz CT molecular complexity index is 1600. The van der Waals surface area contributed by atoms with Gasteiger partial charge in [0.05, 0.1) is 7.11 Å². The number of hydrogen-bond donors (Lipinski definition) is 0. The molecule has 0 bridgehead atoms. The van der Waals surface area contributed by atoms with E-state index in [9.17, 15) is 9.59 Å². The number of hydrogen-bond acceptors (Lipinski definition) is 4. The third-order valence-electron chi connectivity index (χ3n) is 6.32. The molecule has 0 saturated carbocycles. The number of methoxy groups -OCH3 is 1. The molecule has 0 saturated heterocycles. The first-order valence-electron chi connectivity index (χ1n) is 10.8. The van der Waals surface area contributed by atoms with Crippen molar-refractivity contribution in [1.29, 1.82) is 0 Å². The van der Waals surface area contributed by atoms with Crippen LogP contribution in [0.5, 0.6) is 5.75 Å². The Morgan fingerprint density at radius 2 is 1.64 bits per heavy atom. The zero-order chi connectivity index (χ0) is 23.3. The van der Waals surface area contributed by atoms with Gasteiger partial charge in [0.25, 0.3) is 5.56 Å². The molecule has 33 heavy (non-hydrogen) atoms. The van der Waals surface area contributed by atoms with Crippen LogP contribution in [0.3, 0.4) is 0 Å². The van der Waals surface area contributed by atoms with Crippen LogP contribution in [-0.2, 0) is 20.0 Å². The van der Waals surface area contributed by atoms with Crippen LogP contribution in [0.15, 0.2) is 64.2 Å². The molecule has 3 heterocycles. The lowest BCUT2D eigenvalue weighted by Crippen LogP contribution is -2.39. The molecule has 0 aliphatic heterocycles. The summed E-state index contributed by atoms with van der Waals surface area (Å²) in [5.41, 5.74) is 3.93. The molecule has 8 heteroatoms. The van der Waals surface area contributed by atoms with Crippen molar-refractivity contribution in [2.75, 3.05) is 7.11 Å². The quantitative estimate of drug-likeness (QED) is 0.419. The highest BCUT2D eigenvalue weighted by atomic mass is 16.5. The van der Waals surface area contributed by atoms with Crippen LogP contribution >= 0.6 is 0 Å². The Labute approximate surface area is 189 Å². The van der Waals surface area contributed by atoms with Gasteiger partial charge in [-0.1, -0.05) is 30.3 Å². The number of imidazole rings is 2. The Hall–Kier alpha value is -4.07. The van der Waals surface area contributed by atoms with Gasteiger partial charge in [0.1, 0.15) is 5.75 Å². The zero-order valence-corrected chi connectivity index (χ0v) is 19.1. The maximum Gasteiger partial charge on any atom is 0.332 e. The van der Waals surface area contributed by atoms with Gasteiger partial charge in [-0.25, -0.2) is 4.79 Å². The van der Waals surface area contributed by atoms with Crippen molar-refractivity contribution in [3.8, 4) is 11.4 Å². The highest BCUT2D eigenvalue weighted by Gasteiger charge is 2.23. The van der Waals surface area contributed by atoms with Crippen molar-refractivity contribution >= 4 is 16.9 Å². The smallest absolute Gasteiger partial charge is 0.332 e. The predicted octanol–water partition coefficient (Wildman–Crippen LogP) is 3.01. The van der Waals surface area contributed by atoms with Gasteiger partial charge >= 0.3 is 5.69 Å². The summed E-state index contributed by atoms with van der Waals surface area (Å²) >= 11 is 0. The molecular formula is C25H25N5O3. The first-order valence-corrected chi connectivity index (χ1v) is 10.8. The minimum Gasteiger partial charge on any atom is -0.497 e. The molecule has 3 aromatic heterocycles. The van der Waals surface area contributed by atoms with E-state index in [1.54, 1.807) is 14.2 Å². The third-order valence-corrected chi connectivity index (χ3v) is 6.32. The number of ether oxygens (including phenoxy) is 1. The summed E-state index contributed by atoms with van der Waals surface area (Å²) in [4.78, 5) is 31.4. The molecule has 0 fully saturated rings. The minimum absolute atomic E-state index is 0.301. The van der Waals surface area contributed by atoms with Crippen molar-refractivity contribution < 1.29 is 4.74 Å². The van der Waals surface area contributed by atoms with Gasteiger partial charge in [0, 0.05) is 30.7 Å². The van der Waals surface area contributed by atoms with Gasteiger partial charge in [-0.05, 0) is 50.1 Å². The summed E-state index contributed by atoms with van der Waals surface area (Å²) < 4.78 is 11.9. The maximum absolute atomic E-state index is 13.6. The molecule has 0 N–H and O–H groups in total. The van der Waals surface area contributed by atoms with Gasteiger partial charge in [-0.15, -0.1) is 0 Å². The van der Waals surface area contributed by atoms with E-state index in [0.717, 1.165) is 28.4 Å². The van der Waals surface area contributed by atoms with Crippen LogP contribution in [0.4, 0.5) is 0 Å². The van der Waals surface area contributed by atoms with Crippen molar-refractivity contribution in [2.45, 2.75) is 26.8 Å². The Kier molecular flexibility index (Phi) is 4.92. The summed E-state index contributed by atoms with van der Waals surface area (Å²) in [7, 11) is 3.29. The Morgan fingerprint density at radius 3 is 2.30 bits per heavy atom. The number of nitrogens with zero attached hydrogens (tertiary/aromatic N) is 5. The number of rotatable bonds is 5. The third kappa shape index (κ3) is 3.17. The molecule has 0 amide bonds. The Morgan fingerprint density at radius 1 is 0.939 bits per heavy atom. The predicted molar refractivity (Wildman–Crippen MR) is 128 cm³/mol. The normalized spacial score (nSPS) is 11.5. The monoisotopic (exact) mass is 443 g/mol. The zero-order valence-electron chi connectivity index (χ0n) is 19.1. The van der Waals surface area contributed by atoms with E-state index in [-0.39, 0.29) is 11.2 Å². The first kappa shape index (κ1) is 20.8. The number of aryl methyl sites for hydroxylation is 3. The largest absolute Gasteiger partial charge is 0.497 e. The molecule has 0 radical (unpaired) electrons. The average molecular weight is 444 g/mol. The molecule has 0 atom stereocenters. The van der Waals surface area contributed by atoms with Crippen LogP contribution in [-0.4, -0.2) is 30.2 Å². The molecule has 2 aromatic carbocycles. The van der Waals surface area contributed by atoms with E-state index in [1.807, 2.05) is 77.4 Å². The molecule has 8 nitrogen and oxygen atoms in total. The van der Waals surface area contributed by atoms with Gasteiger partial charge in [0.2, 0.25) is 5.78 Å². The van der Waals surface area contributed by atoms with Gasteiger partial charge in [-0.3, -0.25) is 22.9 Å². The summed E-state index contributed by atoms with van der Waals surface area (Å²) in [5, 5.41) is 0. The second-order valence-corrected chi connectivity index (χ2v) is 8.16. The van der Waals surface area contributed by atoms with Crippen LogP contribution in [0.1, 0.15) is 17.0 Å². The van der Waals surface area contributed by atoms with Gasteiger partial charge in [0.15, 0.2) is 11.2 Å². The lowest BCUT2D eigenvalue weighted by molar-refractivity contribution is 0.414. The molecule has 168 valence electrons. The number of aromatic nitrogens is 5. The average Bonchev–Trinajstić information content (AvgIpc) is 3.33. The van der Waals surface area contributed by atoms with E-state index in [0.29, 0.717) is 29.9 Å². The van der Waals surface area contributed by atoms with Gasteiger partial charge in [-0.2, -0.15) is 4.98 Å². The molecule has 5 rings (SSSR count). The van der Waals surface area contributed by atoms with Crippen LogP contribution in [0.2, 0.25) is 0 Å². The second-order valence-electron chi connectivity index (χ2n) is 8.16. The lowest BCUT2D eigenvalue weighted by atomic mass is 10.1. The second kappa shape index (κ2) is 7.81. The van der Waals surface area contributed by atoms with Crippen LogP contribution < -0.4 is 16.0 Å². The number of fused-ring (bicyclic) bond motifs is 3. The van der Waals surface area contributed by atoms with E-state index in [1.165, 1.54) is 9.13 Å². The van der Waals surface area contributed by atoms with E-state index in [2.05, 4.69) is 0 Å². The SMILES string of the molecule is COc1ccc(-n2c(C)c(C)n3c4c(=O)n(CCc5ccccc5)c(=O)n(C)c4nc23)cc1. The highest BCUT2D eigenvalue weighted by Crippen LogP contribution is 2.25. The summed E-state index contributed by atoms with van der Waals surface area (Å²) in [6.45, 7) is 4.26. The topological polar surface area (TPSA) is 75.5 Å². The van der Waals surface area contributed by atoms with E-state index in [4.69, 9.17) is 9.72 Å². The fourth-order valence-electron chi connectivity index (χ4n) is 4.37. The van der Waals surface area contributed by atoms with Crippen molar-refractivity contribution in [1.82, 2.24) is 23.1 Å². The standard InChI is InChI=1S/C25H25N5O3/c1-16-17(2)30-21-22(26-24(30)29(16)19-10-12-20(33-4)13-11-19)27(3)25(32)28(23(21)31)15-14-18-8-6-5-7-9-18/h5-13H,14-15H2,1-4H3. The van der Waals surface area contributed by atoms with Crippen molar-refractivity contribution in [3.05, 3.63) is 92.4 Å². The highest BCUT2D eigenvalue weighted by molar-refractivity contribution is 5.77. The molecule has 0 unspecified atom stereocenters. The molecule has 5 aromatic rings. The minimum atomic E-state index is -0.366. The molecule has 0 spiro atoms. The summed E-state index contributed by atoms with van der Waals surface area (Å²) in [6.07, 6.45) is 0.592.